The van der Waals surface area contributed by atoms with Crippen molar-refractivity contribution in [3.05, 3.63) is 41.2 Å². The minimum atomic E-state index is -0.156. The lowest BCUT2D eigenvalue weighted by Crippen LogP contribution is -2.35. The molecule has 0 fully saturated rings. The number of anilines is 1. The molecule has 1 unspecified atom stereocenters. The van der Waals surface area contributed by atoms with Crippen LogP contribution in [0.3, 0.4) is 0 Å². The Bertz CT molecular complexity index is 652. The minimum absolute atomic E-state index is 0.0925. The summed E-state index contributed by atoms with van der Waals surface area (Å²) < 4.78 is 16.0. The van der Waals surface area contributed by atoms with Gasteiger partial charge in [-0.2, -0.15) is 0 Å². The summed E-state index contributed by atoms with van der Waals surface area (Å²) in [6.07, 6.45) is 1.76. The van der Waals surface area contributed by atoms with Gasteiger partial charge in [0.25, 0.3) is 0 Å². The van der Waals surface area contributed by atoms with Crippen LogP contribution >= 0.6 is 0 Å². The number of hydrogen-bond acceptors (Lipinski definition) is 4. The lowest BCUT2D eigenvalue weighted by molar-refractivity contribution is 0.551. The fourth-order valence-corrected chi connectivity index (χ4v) is 2.73. The van der Waals surface area contributed by atoms with Gasteiger partial charge in [-0.05, 0) is 44.2 Å². The van der Waals surface area contributed by atoms with E-state index in [1.165, 1.54) is 0 Å². The highest BCUT2D eigenvalue weighted by molar-refractivity contribution is 5.57. The Kier molecular flexibility index (Phi) is 3.63. The predicted octanol–water partition coefficient (Wildman–Crippen LogP) is 2.03. The van der Waals surface area contributed by atoms with Gasteiger partial charge in [0.2, 0.25) is 0 Å². The molecule has 1 aliphatic heterocycles. The number of nitrogens with zero attached hydrogens (tertiary/aromatic N) is 4. The Morgan fingerprint density at radius 3 is 2.90 bits per heavy atom. The van der Waals surface area contributed by atoms with E-state index < -0.39 is 0 Å². The number of benzene rings is 1. The summed E-state index contributed by atoms with van der Waals surface area (Å²) in [4.78, 5) is 2.25. The van der Waals surface area contributed by atoms with Crippen molar-refractivity contribution in [3.8, 4) is 0 Å². The van der Waals surface area contributed by atoms with E-state index in [4.69, 9.17) is 0 Å². The van der Waals surface area contributed by atoms with Crippen molar-refractivity contribution in [3.63, 3.8) is 0 Å². The number of halogens is 1. The second kappa shape index (κ2) is 5.44. The molecule has 112 valence electrons. The monoisotopic (exact) mass is 289 g/mol. The lowest BCUT2D eigenvalue weighted by atomic mass is 10.0. The Morgan fingerprint density at radius 1 is 1.33 bits per heavy atom. The number of rotatable bonds is 3. The van der Waals surface area contributed by atoms with Crippen molar-refractivity contribution in [1.29, 1.82) is 0 Å². The van der Waals surface area contributed by atoms with Crippen molar-refractivity contribution >= 4 is 5.69 Å². The number of fused-ring (bicyclic) bond motifs is 1. The van der Waals surface area contributed by atoms with Gasteiger partial charge in [-0.1, -0.05) is 0 Å². The average molecular weight is 289 g/mol. The first-order valence-corrected chi connectivity index (χ1v) is 7.19. The van der Waals surface area contributed by atoms with Crippen LogP contribution < -0.4 is 10.2 Å². The third kappa shape index (κ3) is 2.51. The second-order valence-corrected chi connectivity index (χ2v) is 5.53. The molecular weight excluding hydrogens is 269 g/mol. The second-order valence-electron chi connectivity index (χ2n) is 5.53. The van der Waals surface area contributed by atoms with E-state index in [9.17, 15) is 4.39 Å². The van der Waals surface area contributed by atoms with Crippen LogP contribution in [-0.4, -0.2) is 28.4 Å². The van der Waals surface area contributed by atoms with E-state index in [2.05, 4.69) is 25.0 Å². The maximum atomic E-state index is 13.9. The number of nitrogens with one attached hydrogen (secondary N) is 1. The Hall–Kier alpha value is -1.95. The zero-order valence-corrected chi connectivity index (χ0v) is 12.6. The molecule has 0 saturated heterocycles. The molecule has 1 aliphatic rings. The largest absolute Gasteiger partial charge is 0.362 e. The molecule has 0 aliphatic carbocycles. The zero-order chi connectivity index (χ0) is 15.0. The van der Waals surface area contributed by atoms with Crippen LogP contribution in [0.2, 0.25) is 0 Å². The van der Waals surface area contributed by atoms with E-state index in [1.807, 2.05) is 20.0 Å². The van der Waals surface area contributed by atoms with Gasteiger partial charge < -0.3 is 14.8 Å². The van der Waals surface area contributed by atoms with Crippen molar-refractivity contribution in [2.24, 2.45) is 0 Å². The molecule has 0 spiro atoms. The van der Waals surface area contributed by atoms with E-state index in [0.29, 0.717) is 12.1 Å². The van der Waals surface area contributed by atoms with E-state index in [-0.39, 0.29) is 11.9 Å². The molecule has 0 bridgehead atoms. The van der Waals surface area contributed by atoms with Gasteiger partial charge >= 0.3 is 0 Å². The van der Waals surface area contributed by atoms with Crippen molar-refractivity contribution in [1.82, 2.24) is 20.1 Å². The molecule has 21 heavy (non-hydrogen) atoms. The van der Waals surface area contributed by atoms with E-state index in [0.717, 1.165) is 30.2 Å². The third-order valence-electron chi connectivity index (χ3n) is 4.19. The first kappa shape index (κ1) is 14.0. The maximum absolute atomic E-state index is 13.9. The number of aromatic nitrogens is 3. The Morgan fingerprint density at radius 2 is 2.14 bits per heavy atom. The topological polar surface area (TPSA) is 46.0 Å². The number of aryl methyl sites for hydroxylation is 1. The van der Waals surface area contributed by atoms with Crippen LogP contribution in [0.4, 0.5) is 10.1 Å². The molecule has 1 aromatic carbocycles. The summed E-state index contributed by atoms with van der Waals surface area (Å²) in [5, 5.41) is 11.3. The summed E-state index contributed by atoms with van der Waals surface area (Å²) in [7, 11) is 1.89. The molecule has 0 saturated carbocycles. The highest BCUT2D eigenvalue weighted by Crippen LogP contribution is 2.31. The van der Waals surface area contributed by atoms with E-state index >= 15 is 0 Å². The Labute approximate surface area is 123 Å². The fraction of sp³-hybridized carbons (Fsp3) is 0.467. The predicted molar refractivity (Wildman–Crippen MR) is 79.7 cm³/mol. The molecule has 1 aromatic heterocycles. The first-order valence-electron chi connectivity index (χ1n) is 7.19. The van der Waals surface area contributed by atoms with Gasteiger partial charge in [0.05, 0.1) is 6.54 Å². The smallest absolute Gasteiger partial charge is 0.152 e. The lowest BCUT2D eigenvalue weighted by Gasteiger charge is -2.32. The summed E-state index contributed by atoms with van der Waals surface area (Å²) in [6.45, 7) is 6.28. The molecule has 3 rings (SSSR count). The molecule has 2 aromatic rings. The highest BCUT2D eigenvalue weighted by atomic mass is 19.1. The molecular formula is C15H20FN5. The molecule has 1 atom stereocenters. The van der Waals surface area contributed by atoms with Gasteiger partial charge in [0, 0.05) is 24.8 Å². The van der Waals surface area contributed by atoms with Crippen molar-refractivity contribution in [2.75, 3.05) is 18.5 Å². The standard InChI is InChI=1S/C15H20FN5/c1-10-6-14(12(7-13(10)16)11(2)17-3)20-4-5-21-9-18-19-15(21)8-20/h6-7,9,11,17H,4-5,8H2,1-3H3. The quantitative estimate of drug-likeness (QED) is 0.939. The SMILES string of the molecule is CNC(C)c1cc(F)c(C)cc1N1CCn2cnnc2C1. The van der Waals surface area contributed by atoms with Gasteiger partial charge in [0.15, 0.2) is 5.82 Å². The van der Waals surface area contributed by atoms with Gasteiger partial charge in [-0.3, -0.25) is 0 Å². The summed E-state index contributed by atoms with van der Waals surface area (Å²) in [6, 6.07) is 3.67. The van der Waals surface area contributed by atoms with Crippen LogP contribution in [0, 0.1) is 12.7 Å². The first-order chi connectivity index (χ1) is 10.1. The van der Waals surface area contributed by atoms with Crippen molar-refractivity contribution in [2.45, 2.75) is 33.0 Å². The van der Waals surface area contributed by atoms with Crippen molar-refractivity contribution < 1.29 is 4.39 Å². The van der Waals surface area contributed by atoms with Crippen LogP contribution in [-0.2, 0) is 13.1 Å². The zero-order valence-electron chi connectivity index (χ0n) is 12.6. The fourth-order valence-electron chi connectivity index (χ4n) is 2.73. The highest BCUT2D eigenvalue weighted by Gasteiger charge is 2.22. The van der Waals surface area contributed by atoms with E-state index in [1.54, 1.807) is 19.3 Å². The Balaban J connectivity index is 2.00. The van der Waals surface area contributed by atoms with Crippen LogP contribution in [0.5, 0.6) is 0 Å². The number of hydrogen-bond donors (Lipinski definition) is 1. The third-order valence-corrected chi connectivity index (χ3v) is 4.19. The molecule has 1 N–H and O–H groups in total. The summed E-state index contributed by atoms with van der Waals surface area (Å²) >= 11 is 0. The normalized spacial score (nSPS) is 15.9. The van der Waals surface area contributed by atoms with Crippen LogP contribution in [0.15, 0.2) is 18.5 Å². The summed E-state index contributed by atoms with van der Waals surface area (Å²) in [5.41, 5.74) is 2.72. The molecule has 6 heteroatoms. The minimum Gasteiger partial charge on any atom is -0.362 e. The molecule has 5 nitrogen and oxygen atoms in total. The molecule has 2 heterocycles. The maximum Gasteiger partial charge on any atom is 0.152 e. The van der Waals surface area contributed by atoms with Gasteiger partial charge in [-0.25, -0.2) is 4.39 Å². The average Bonchev–Trinajstić information content (AvgIpc) is 2.96. The van der Waals surface area contributed by atoms with Crippen LogP contribution in [0.1, 0.15) is 29.9 Å². The summed E-state index contributed by atoms with van der Waals surface area (Å²) in [5.74, 6) is 0.794. The van der Waals surface area contributed by atoms with Crippen LogP contribution in [0.25, 0.3) is 0 Å². The van der Waals surface area contributed by atoms with Gasteiger partial charge in [0.1, 0.15) is 12.1 Å². The molecule has 0 amide bonds. The van der Waals surface area contributed by atoms with Gasteiger partial charge in [-0.15, -0.1) is 10.2 Å². The molecule has 0 radical (unpaired) electrons.